The Balaban J connectivity index is 2.07. The fourth-order valence-corrected chi connectivity index (χ4v) is 1.81. The van der Waals surface area contributed by atoms with Gasteiger partial charge in [-0.1, -0.05) is 11.6 Å². The van der Waals surface area contributed by atoms with Crippen LogP contribution in [0.1, 0.15) is 18.2 Å². The first-order valence-electron chi connectivity index (χ1n) is 5.45. The summed E-state index contributed by atoms with van der Waals surface area (Å²) >= 11 is 6.11. The van der Waals surface area contributed by atoms with Crippen molar-refractivity contribution in [3.05, 3.63) is 28.8 Å². The van der Waals surface area contributed by atoms with Gasteiger partial charge in [-0.15, -0.1) is 0 Å². The highest BCUT2D eigenvalue weighted by Gasteiger charge is 2.12. The van der Waals surface area contributed by atoms with Crippen LogP contribution in [0.4, 0.5) is 0 Å². The third kappa shape index (κ3) is 2.44. The molecule has 0 amide bonds. The van der Waals surface area contributed by atoms with Gasteiger partial charge in [-0.25, -0.2) is 0 Å². The molecule has 2 aromatic heterocycles. The minimum absolute atomic E-state index is 0.411. The molecule has 6 heteroatoms. The Bertz CT molecular complexity index is 518. The average molecular weight is 255 g/mol. The van der Waals surface area contributed by atoms with Gasteiger partial charge in [0, 0.05) is 19.2 Å². The van der Waals surface area contributed by atoms with Crippen LogP contribution in [0.2, 0.25) is 5.15 Å². The van der Waals surface area contributed by atoms with Gasteiger partial charge >= 0.3 is 0 Å². The maximum absolute atomic E-state index is 6.11. The fraction of sp³-hybridized carbons (Fsp3) is 0.455. The normalized spacial score (nSPS) is 10.8. The molecule has 2 rings (SSSR count). The van der Waals surface area contributed by atoms with Crippen molar-refractivity contribution in [2.75, 3.05) is 0 Å². The Morgan fingerprint density at radius 3 is 2.76 bits per heavy atom. The Morgan fingerprint density at radius 1 is 1.47 bits per heavy atom. The smallest absolute Gasteiger partial charge is 0.157 e. The molecular weight excluding hydrogens is 240 g/mol. The summed E-state index contributed by atoms with van der Waals surface area (Å²) in [5.41, 5.74) is 1.80. The molecule has 0 saturated carbocycles. The van der Waals surface area contributed by atoms with Gasteiger partial charge in [-0.3, -0.25) is 9.36 Å². The van der Waals surface area contributed by atoms with Crippen molar-refractivity contribution >= 4 is 11.6 Å². The zero-order valence-corrected chi connectivity index (χ0v) is 10.9. The van der Waals surface area contributed by atoms with E-state index < -0.39 is 0 Å². The van der Waals surface area contributed by atoms with Crippen LogP contribution in [0.3, 0.4) is 0 Å². The van der Waals surface area contributed by atoms with Gasteiger partial charge in [0.15, 0.2) is 5.75 Å². The Hall–Kier alpha value is -1.49. The van der Waals surface area contributed by atoms with E-state index in [2.05, 4.69) is 10.2 Å². The van der Waals surface area contributed by atoms with Crippen molar-refractivity contribution < 1.29 is 4.74 Å². The van der Waals surface area contributed by atoms with Gasteiger partial charge in [0.05, 0.1) is 18.1 Å². The number of hydrogen-bond donors (Lipinski definition) is 0. The number of aromatic nitrogens is 4. The maximum atomic E-state index is 6.11. The summed E-state index contributed by atoms with van der Waals surface area (Å²) in [6.07, 6.45) is 3.56. The highest BCUT2D eigenvalue weighted by atomic mass is 35.5. The lowest BCUT2D eigenvalue weighted by molar-refractivity contribution is 0.305. The van der Waals surface area contributed by atoms with Crippen molar-refractivity contribution in [3.63, 3.8) is 0 Å². The zero-order chi connectivity index (χ0) is 12.4. The Morgan fingerprint density at radius 2 is 2.24 bits per heavy atom. The molecule has 0 fully saturated rings. The van der Waals surface area contributed by atoms with Gasteiger partial charge in [-0.2, -0.15) is 10.2 Å². The summed E-state index contributed by atoms with van der Waals surface area (Å²) < 4.78 is 9.08. The molecule has 17 heavy (non-hydrogen) atoms. The molecule has 0 bridgehead atoms. The van der Waals surface area contributed by atoms with Gasteiger partial charge in [0.2, 0.25) is 0 Å². The molecule has 0 atom stereocenters. The van der Waals surface area contributed by atoms with E-state index >= 15 is 0 Å². The highest BCUT2D eigenvalue weighted by molar-refractivity contribution is 6.30. The second kappa shape index (κ2) is 4.79. The second-order valence-electron chi connectivity index (χ2n) is 3.80. The predicted molar refractivity (Wildman–Crippen MR) is 65.2 cm³/mol. The van der Waals surface area contributed by atoms with Crippen LogP contribution >= 0.6 is 11.6 Å². The summed E-state index contributed by atoms with van der Waals surface area (Å²) in [5.74, 6) is 0.742. The SMILES string of the molecule is CCn1cc(OCc2c(C)nn(C)c2Cl)cn1. The molecule has 0 aliphatic carbocycles. The van der Waals surface area contributed by atoms with Gasteiger partial charge in [0.25, 0.3) is 0 Å². The number of rotatable bonds is 4. The molecule has 0 radical (unpaired) electrons. The minimum Gasteiger partial charge on any atom is -0.485 e. The van der Waals surface area contributed by atoms with E-state index in [0.29, 0.717) is 11.8 Å². The van der Waals surface area contributed by atoms with Crippen LogP contribution < -0.4 is 4.74 Å². The van der Waals surface area contributed by atoms with Crippen LogP contribution in [0, 0.1) is 6.92 Å². The molecule has 0 aliphatic heterocycles. The third-order valence-corrected chi connectivity index (χ3v) is 3.06. The van der Waals surface area contributed by atoms with E-state index in [-0.39, 0.29) is 0 Å². The van der Waals surface area contributed by atoms with E-state index in [1.165, 1.54) is 0 Å². The van der Waals surface area contributed by atoms with Crippen molar-refractivity contribution in [3.8, 4) is 5.75 Å². The van der Waals surface area contributed by atoms with Crippen molar-refractivity contribution in [2.24, 2.45) is 7.05 Å². The average Bonchev–Trinajstić information content (AvgIpc) is 2.84. The van der Waals surface area contributed by atoms with Crippen LogP contribution in [0.5, 0.6) is 5.75 Å². The maximum Gasteiger partial charge on any atom is 0.157 e. The molecule has 2 heterocycles. The zero-order valence-electron chi connectivity index (χ0n) is 10.1. The van der Waals surface area contributed by atoms with Crippen LogP contribution in [0.15, 0.2) is 12.4 Å². The highest BCUT2D eigenvalue weighted by Crippen LogP contribution is 2.20. The van der Waals surface area contributed by atoms with Gasteiger partial charge in [0.1, 0.15) is 11.8 Å². The predicted octanol–water partition coefficient (Wildman–Crippen LogP) is 2.18. The van der Waals surface area contributed by atoms with Crippen molar-refractivity contribution in [1.29, 1.82) is 0 Å². The molecule has 0 aliphatic rings. The monoisotopic (exact) mass is 254 g/mol. The molecule has 2 aromatic rings. The molecule has 92 valence electrons. The molecule has 0 unspecified atom stereocenters. The standard InChI is InChI=1S/C11H15ClN4O/c1-4-16-6-9(5-13-16)17-7-10-8(2)14-15(3)11(10)12/h5-6H,4,7H2,1-3H3. The first-order valence-corrected chi connectivity index (χ1v) is 5.82. The fourth-order valence-electron chi connectivity index (χ4n) is 1.59. The minimum atomic E-state index is 0.411. The van der Waals surface area contributed by atoms with Crippen LogP contribution in [-0.4, -0.2) is 19.6 Å². The first-order chi connectivity index (χ1) is 8.11. The largest absolute Gasteiger partial charge is 0.485 e. The summed E-state index contributed by atoms with van der Waals surface area (Å²) in [5, 5.41) is 8.98. The second-order valence-corrected chi connectivity index (χ2v) is 4.16. The number of halogens is 1. The van der Waals surface area contributed by atoms with Crippen LogP contribution in [0.25, 0.3) is 0 Å². The lowest BCUT2D eigenvalue weighted by Gasteiger charge is -2.02. The van der Waals surface area contributed by atoms with E-state index in [4.69, 9.17) is 16.3 Å². The van der Waals surface area contributed by atoms with Crippen molar-refractivity contribution in [2.45, 2.75) is 27.0 Å². The summed E-state index contributed by atoms with van der Waals surface area (Å²) in [7, 11) is 1.81. The molecule has 0 saturated heterocycles. The van der Waals surface area contributed by atoms with E-state index in [1.807, 2.05) is 31.8 Å². The van der Waals surface area contributed by atoms with Gasteiger partial charge < -0.3 is 4.74 Å². The third-order valence-electron chi connectivity index (χ3n) is 2.59. The summed E-state index contributed by atoms with van der Waals surface area (Å²) in [6.45, 7) is 5.18. The topological polar surface area (TPSA) is 44.9 Å². The number of ether oxygens (including phenoxy) is 1. The first kappa shape index (κ1) is 12.0. The molecule has 0 aromatic carbocycles. The molecule has 5 nitrogen and oxygen atoms in total. The lowest BCUT2D eigenvalue weighted by Crippen LogP contribution is -1.97. The number of nitrogens with zero attached hydrogens (tertiary/aromatic N) is 4. The Kier molecular flexibility index (Phi) is 3.38. The van der Waals surface area contributed by atoms with E-state index in [0.717, 1.165) is 23.6 Å². The molecule has 0 N–H and O–H groups in total. The molecule has 0 spiro atoms. The summed E-state index contributed by atoms with van der Waals surface area (Å²) in [6, 6.07) is 0. The quantitative estimate of drug-likeness (QED) is 0.840. The number of aryl methyl sites for hydroxylation is 3. The Labute approximate surface area is 105 Å². The van der Waals surface area contributed by atoms with Gasteiger partial charge in [-0.05, 0) is 13.8 Å². The lowest BCUT2D eigenvalue weighted by atomic mass is 10.3. The van der Waals surface area contributed by atoms with Crippen molar-refractivity contribution in [1.82, 2.24) is 19.6 Å². The number of hydrogen-bond acceptors (Lipinski definition) is 3. The molecular formula is C11H15ClN4O. The van der Waals surface area contributed by atoms with E-state index in [1.54, 1.807) is 10.9 Å². The van der Waals surface area contributed by atoms with Crippen LogP contribution in [-0.2, 0) is 20.2 Å². The summed E-state index contributed by atoms with van der Waals surface area (Å²) in [4.78, 5) is 0. The van der Waals surface area contributed by atoms with E-state index in [9.17, 15) is 0 Å².